The predicted octanol–water partition coefficient (Wildman–Crippen LogP) is 3.10. The number of likely N-dealkylation sites (tertiary alicyclic amines) is 1. The van der Waals surface area contributed by atoms with E-state index in [-0.39, 0.29) is 35.9 Å². The molecule has 27 heavy (non-hydrogen) atoms. The van der Waals surface area contributed by atoms with Gasteiger partial charge in [-0.15, -0.1) is 24.0 Å². The molecule has 1 atom stereocenters. The van der Waals surface area contributed by atoms with Gasteiger partial charge in [0, 0.05) is 26.7 Å². The number of carbonyl (C=O) groups excluding carboxylic acids is 1. The molecule has 152 valence electrons. The van der Waals surface area contributed by atoms with Crippen molar-refractivity contribution in [3.8, 4) is 5.75 Å². The van der Waals surface area contributed by atoms with Crippen LogP contribution in [-0.4, -0.2) is 57.2 Å². The largest absolute Gasteiger partial charge is 0.497 e. The Morgan fingerprint density at radius 1 is 1.33 bits per heavy atom. The number of hydrogen-bond acceptors (Lipinski definition) is 4. The average Bonchev–Trinajstić information content (AvgIpc) is 2.69. The molecule has 1 unspecified atom stereocenters. The number of esters is 1. The molecule has 0 spiro atoms. The summed E-state index contributed by atoms with van der Waals surface area (Å²) in [5.41, 5.74) is 1.29. The molecule has 1 heterocycles. The molecule has 1 aromatic carbocycles. The number of piperidine rings is 1. The van der Waals surface area contributed by atoms with Crippen molar-refractivity contribution in [1.29, 1.82) is 0 Å². The summed E-state index contributed by atoms with van der Waals surface area (Å²) in [7, 11) is 3.47. The summed E-state index contributed by atoms with van der Waals surface area (Å²) in [4.78, 5) is 18.5. The first-order valence-electron chi connectivity index (χ1n) is 9.43. The molecule has 1 N–H and O–H groups in total. The Labute approximate surface area is 179 Å². The van der Waals surface area contributed by atoms with E-state index in [2.05, 4.69) is 27.3 Å². The molecule has 1 fully saturated rings. The molecule has 1 aliphatic heterocycles. The molecule has 0 bridgehead atoms. The number of hydrogen-bond donors (Lipinski definition) is 1. The lowest BCUT2D eigenvalue weighted by Gasteiger charge is -2.34. The van der Waals surface area contributed by atoms with Crippen LogP contribution in [0, 0.1) is 5.92 Å². The molecule has 2 rings (SSSR count). The Bertz CT molecular complexity index is 593. The third kappa shape index (κ3) is 7.56. The van der Waals surface area contributed by atoms with Crippen molar-refractivity contribution in [3.63, 3.8) is 0 Å². The molecule has 0 aliphatic carbocycles. The molecule has 7 heteroatoms. The molecular weight excluding hydrogens is 457 g/mol. The van der Waals surface area contributed by atoms with Crippen LogP contribution >= 0.6 is 24.0 Å². The lowest BCUT2D eigenvalue weighted by atomic mass is 9.98. The normalized spacial score (nSPS) is 17.1. The van der Waals surface area contributed by atoms with E-state index in [1.807, 2.05) is 19.1 Å². The van der Waals surface area contributed by atoms with Gasteiger partial charge in [-0.1, -0.05) is 12.1 Å². The van der Waals surface area contributed by atoms with Crippen LogP contribution in [0.15, 0.2) is 29.3 Å². The summed E-state index contributed by atoms with van der Waals surface area (Å²) in [6.07, 6.45) is 3.89. The quantitative estimate of drug-likeness (QED) is 0.210. The van der Waals surface area contributed by atoms with Crippen LogP contribution in [0.25, 0.3) is 0 Å². The molecule has 1 aliphatic rings. The Morgan fingerprint density at radius 2 is 2.07 bits per heavy atom. The molecule has 0 radical (unpaired) electrons. The Balaban J connectivity index is 0.00000364. The minimum atomic E-state index is -0.0906. The van der Waals surface area contributed by atoms with Crippen molar-refractivity contribution in [1.82, 2.24) is 10.2 Å². The van der Waals surface area contributed by atoms with Crippen LogP contribution < -0.4 is 10.1 Å². The highest BCUT2D eigenvalue weighted by Crippen LogP contribution is 2.18. The van der Waals surface area contributed by atoms with Gasteiger partial charge in [-0.05, 0) is 50.3 Å². The zero-order valence-corrected chi connectivity index (χ0v) is 18.9. The van der Waals surface area contributed by atoms with Gasteiger partial charge in [-0.2, -0.15) is 0 Å². The fourth-order valence-corrected chi connectivity index (χ4v) is 3.24. The maximum absolute atomic E-state index is 12.0. The van der Waals surface area contributed by atoms with Crippen molar-refractivity contribution in [3.05, 3.63) is 29.8 Å². The van der Waals surface area contributed by atoms with Gasteiger partial charge in [0.05, 0.1) is 19.6 Å². The SMILES string of the molecule is CCOC(=O)C1CCCN(C(=NC)NCCCc2ccc(OC)cc2)C1.I. The maximum Gasteiger partial charge on any atom is 0.310 e. The third-order valence-electron chi connectivity index (χ3n) is 4.64. The second-order valence-electron chi connectivity index (χ2n) is 6.46. The minimum Gasteiger partial charge on any atom is -0.497 e. The van der Waals surface area contributed by atoms with Crippen LogP contribution in [0.3, 0.4) is 0 Å². The number of aliphatic imine (C=N–C) groups is 1. The molecule has 1 aromatic rings. The topological polar surface area (TPSA) is 63.2 Å². The van der Waals surface area contributed by atoms with Gasteiger partial charge in [0.2, 0.25) is 0 Å². The Morgan fingerprint density at radius 3 is 2.70 bits per heavy atom. The fourth-order valence-electron chi connectivity index (χ4n) is 3.24. The second-order valence-corrected chi connectivity index (χ2v) is 6.46. The second kappa shape index (κ2) is 12.8. The van der Waals surface area contributed by atoms with Crippen molar-refractivity contribution in [2.45, 2.75) is 32.6 Å². The number of nitrogens with zero attached hydrogens (tertiary/aromatic N) is 2. The number of rotatable bonds is 7. The van der Waals surface area contributed by atoms with Crippen LogP contribution in [0.1, 0.15) is 31.7 Å². The standard InChI is InChI=1S/C20H31N3O3.HI/c1-4-26-19(24)17-8-6-14-23(15-17)20(21-2)22-13-5-7-16-9-11-18(25-3)12-10-16;/h9-12,17H,4-8,13-15H2,1-3H3,(H,21,22);1H. The summed E-state index contributed by atoms with van der Waals surface area (Å²) < 4.78 is 10.4. The first kappa shape index (κ1) is 23.5. The van der Waals surface area contributed by atoms with Crippen molar-refractivity contribution >= 4 is 35.9 Å². The van der Waals surface area contributed by atoms with E-state index in [4.69, 9.17) is 9.47 Å². The smallest absolute Gasteiger partial charge is 0.310 e. The molecular formula is C20H32IN3O3. The number of methoxy groups -OCH3 is 1. The Hall–Kier alpha value is -1.51. The summed E-state index contributed by atoms with van der Waals surface area (Å²) in [6, 6.07) is 8.18. The first-order valence-corrected chi connectivity index (χ1v) is 9.43. The molecule has 1 saturated heterocycles. The summed E-state index contributed by atoms with van der Waals surface area (Å²) >= 11 is 0. The zero-order chi connectivity index (χ0) is 18.8. The number of aryl methyl sites for hydroxylation is 1. The lowest BCUT2D eigenvalue weighted by molar-refractivity contribution is -0.149. The fraction of sp³-hybridized carbons (Fsp3) is 0.600. The van der Waals surface area contributed by atoms with Gasteiger partial charge in [0.1, 0.15) is 5.75 Å². The highest BCUT2D eigenvalue weighted by Gasteiger charge is 2.28. The highest BCUT2D eigenvalue weighted by molar-refractivity contribution is 14.0. The number of halogens is 1. The Kier molecular flexibility index (Phi) is 11.2. The molecule has 0 amide bonds. The first-order chi connectivity index (χ1) is 12.7. The zero-order valence-electron chi connectivity index (χ0n) is 16.6. The maximum atomic E-state index is 12.0. The van der Waals surface area contributed by atoms with Crippen LogP contribution in [-0.2, 0) is 16.0 Å². The van der Waals surface area contributed by atoms with E-state index in [1.165, 1.54) is 5.56 Å². The molecule has 0 aromatic heterocycles. The lowest BCUT2D eigenvalue weighted by Crippen LogP contribution is -2.48. The number of ether oxygens (including phenoxy) is 2. The van der Waals surface area contributed by atoms with Gasteiger partial charge >= 0.3 is 5.97 Å². The summed E-state index contributed by atoms with van der Waals surface area (Å²) in [5, 5.41) is 3.42. The van der Waals surface area contributed by atoms with Crippen molar-refractivity contribution in [2.75, 3.05) is 40.4 Å². The summed E-state index contributed by atoms with van der Waals surface area (Å²) in [6.45, 7) is 4.74. The van der Waals surface area contributed by atoms with E-state index in [0.717, 1.165) is 50.5 Å². The van der Waals surface area contributed by atoms with Gasteiger partial charge in [-0.3, -0.25) is 9.79 Å². The number of carbonyl (C=O) groups is 1. The van der Waals surface area contributed by atoms with E-state index in [9.17, 15) is 4.79 Å². The number of benzene rings is 1. The molecule has 0 saturated carbocycles. The van der Waals surface area contributed by atoms with E-state index >= 15 is 0 Å². The van der Waals surface area contributed by atoms with Gasteiger partial charge in [0.25, 0.3) is 0 Å². The van der Waals surface area contributed by atoms with Gasteiger partial charge in [-0.25, -0.2) is 0 Å². The van der Waals surface area contributed by atoms with E-state index < -0.39 is 0 Å². The van der Waals surface area contributed by atoms with Crippen LogP contribution in [0.2, 0.25) is 0 Å². The van der Waals surface area contributed by atoms with Crippen LogP contribution in [0.4, 0.5) is 0 Å². The van der Waals surface area contributed by atoms with Crippen molar-refractivity contribution in [2.24, 2.45) is 10.9 Å². The van der Waals surface area contributed by atoms with Crippen molar-refractivity contribution < 1.29 is 14.3 Å². The van der Waals surface area contributed by atoms with E-state index in [1.54, 1.807) is 14.2 Å². The highest BCUT2D eigenvalue weighted by atomic mass is 127. The average molecular weight is 489 g/mol. The van der Waals surface area contributed by atoms with E-state index in [0.29, 0.717) is 13.2 Å². The number of guanidine groups is 1. The third-order valence-corrected chi connectivity index (χ3v) is 4.64. The van der Waals surface area contributed by atoms with Crippen LogP contribution in [0.5, 0.6) is 5.75 Å². The minimum absolute atomic E-state index is 0. The molecule has 6 nitrogen and oxygen atoms in total. The summed E-state index contributed by atoms with van der Waals surface area (Å²) in [5.74, 6) is 1.61. The van der Waals surface area contributed by atoms with Gasteiger partial charge < -0.3 is 19.7 Å². The predicted molar refractivity (Wildman–Crippen MR) is 119 cm³/mol. The number of nitrogens with one attached hydrogen (secondary N) is 1. The monoisotopic (exact) mass is 489 g/mol. The van der Waals surface area contributed by atoms with Gasteiger partial charge in [0.15, 0.2) is 5.96 Å².